The summed E-state index contributed by atoms with van der Waals surface area (Å²) in [4.78, 5) is -0.597. The topological polar surface area (TPSA) is 77.8 Å². The first-order valence-electron chi connectivity index (χ1n) is 8.75. The molecule has 3 aromatic rings. The number of furan rings is 1. The Hall–Kier alpha value is -2.82. The van der Waals surface area contributed by atoms with Crippen LogP contribution in [-0.4, -0.2) is 14.8 Å². The molecule has 30 heavy (non-hydrogen) atoms. The zero-order chi connectivity index (χ0) is 21.6. The lowest BCUT2D eigenvalue weighted by molar-refractivity contribution is -0.275. The maximum atomic E-state index is 12.5. The van der Waals surface area contributed by atoms with Crippen molar-refractivity contribution in [1.29, 1.82) is 0 Å². The zero-order valence-electron chi connectivity index (χ0n) is 15.6. The van der Waals surface area contributed by atoms with Gasteiger partial charge in [-0.2, -0.15) is 0 Å². The molecule has 0 spiro atoms. The van der Waals surface area contributed by atoms with Crippen LogP contribution in [0.15, 0.2) is 76.2 Å². The van der Waals surface area contributed by atoms with E-state index in [1.54, 1.807) is 36.6 Å². The summed E-state index contributed by atoms with van der Waals surface area (Å²) >= 11 is 0. The number of nitrogens with one attached hydrogen (secondary N) is 1. The van der Waals surface area contributed by atoms with Crippen molar-refractivity contribution in [2.45, 2.75) is 31.0 Å². The number of alkyl halides is 3. The standard InChI is InChI=1S/C20H18F3NO5S/c21-20(22,23)29-18-8-1-2-9-19(18)30(25,26)24-12-15-5-3-6-16(11-15)13-27-14-17-7-4-10-28-17/h1-11,24H,12-14H2. The quantitative estimate of drug-likeness (QED) is 0.534. The third-order valence-corrected chi connectivity index (χ3v) is 5.36. The SMILES string of the molecule is O=S(=O)(NCc1cccc(COCc2ccco2)c1)c1ccccc1OC(F)(F)F. The van der Waals surface area contributed by atoms with Gasteiger partial charge in [-0.1, -0.05) is 36.4 Å². The van der Waals surface area contributed by atoms with E-state index in [-0.39, 0.29) is 13.2 Å². The van der Waals surface area contributed by atoms with Gasteiger partial charge in [-0.15, -0.1) is 13.2 Å². The van der Waals surface area contributed by atoms with Gasteiger partial charge in [-0.05, 0) is 35.4 Å². The van der Waals surface area contributed by atoms with Gasteiger partial charge in [-0.25, -0.2) is 13.1 Å². The average Bonchev–Trinajstić information content (AvgIpc) is 3.19. The van der Waals surface area contributed by atoms with Crippen LogP contribution in [-0.2, 0) is 34.5 Å². The summed E-state index contributed by atoms with van der Waals surface area (Å²) in [6, 6.07) is 15.1. The Morgan fingerprint density at radius 1 is 0.933 bits per heavy atom. The molecule has 3 rings (SSSR count). The van der Waals surface area contributed by atoms with Gasteiger partial charge >= 0.3 is 6.36 Å². The minimum absolute atomic E-state index is 0.116. The first-order chi connectivity index (χ1) is 14.2. The van der Waals surface area contributed by atoms with E-state index < -0.39 is 27.0 Å². The van der Waals surface area contributed by atoms with E-state index in [1.807, 2.05) is 6.07 Å². The first-order valence-corrected chi connectivity index (χ1v) is 10.2. The number of sulfonamides is 1. The fourth-order valence-electron chi connectivity index (χ4n) is 2.63. The number of hydrogen-bond acceptors (Lipinski definition) is 5. The molecule has 1 heterocycles. The predicted molar refractivity (Wildman–Crippen MR) is 101 cm³/mol. The van der Waals surface area contributed by atoms with Gasteiger partial charge < -0.3 is 13.9 Å². The van der Waals surface area contributed by atoms with E-state index in [0.717, 1.165) is 17.7 Å². The average molecular weight is 441 g/mol. The molecule has 1 aromatic heterocycles. The maximum absolute atomic E-state index is 12.5. The van der Waals surface area contributed by atoms with Crippen LogP contribution in [0.1, 0.15) is 16.9 Å². The highest BCUT2D eigenvalue weighted by molar-refractivity contribution is 7.89. The molecule has 2 aromatic carbocycles. The molecular formula is C20H18F3NO5S. The largest absolute Gasteiger partial charge is 0.573 e. The molecule has 0 fully saturated rings. The summed E-state index contributed by atoms with van der Waals surface area (Å²) in [5.74, 6) is -0.115. The van der Waals surface area contributed by atoms with Crippen LogP contribution in [0.4, 0.5) is 13.2 Å². The van der Waals surface area contributed by atoms with E-state index in [4.69, 9.17) is 9.15 Å². The molecule has 160 valence electrons. The van der Waals surface area contributed by atoms with Gasteiger partial charge in [0.05, 0.1) is 12.9 Å². The fourth-order valence-corrected chi connectivity index (χ4v) is 3.78. The first kappa shape index (κ1) is 21.9. The molecule has 0 saturated carbocycles. The van der Waals surface area contributed by atoms with Crippen molar-refractivity contribution in [2.75, 3.05) is 0 Å². The molecule has 1 N–H and O–H groups in total. The van der Waals surface area contributed by atoms with Crippen molar-refractivity contribution >= 4 is 10.0 Å². The molecule has 0 aliphatic rings. The number of hydrogen-bond donors (Lipinski definition) is 1. The van der Waals surface area contributed by atoms with Gasteiger partial charge in [0, 0.05) is 6.54 Å². The van der Waals surface area contributed by atoms with Crippen molar-refractivity contribution in [3.63, 3.8) is 0 Å². The van der Waals surface area contributed by atoms with Gasteiger partial charge in [0.15, 0.2) is 0 Å². The lowest BCUT2D eigenvalue weighted by Gasteiger charge is -2.14. The lowest BCUT2D eigenvalue weighted by atomic mass is 10.1. The molecule has 10 heteroatoms. The number of benzene rings is 2. The van der Waals surface area contributed by atoms with Crippen LogP contribution in [0.3, 0.4) is 0 Å². The zero-order valence-corrected chi connectivity index (χ0v) is 16.4. The van der Waals surface area contributed by atoms with Crippen LogP contribution in [0.2, 0.25) is 0 Å². The smallest absolute Gasteiger partial charge is 0.467 e. The molecule has 0 unspecified atom stereocenters. The summed E-state index contributed by atoms with van der Waals surface area (Å²) in [5, 5.41) is 0. The van der Waals surface area contributed by atoms with Gasteiger partial charge in [0.2, 0.25) is 10.0 Å². The Morgan fingerprint density at radius 3 is 2.43 bits per heavy atom. The fraction of sp³-hybridized carbons (Fsp3) is 0.200. The van der Waals surface area contributed by atoms with Crippen molar-refractivity contribution in [2.24, 2.45) is 0 Å². The molecule has 0 amide bonds. The Kier molecular flexibility index (Phi) is 6.80. The number of para-hydroxylation sites is 1. The second kappa shape index (κ2) is 9.33. The highest BCUT2D eigenvalue weighted by atomic mass is 32.2. The summed E-state index contributed by atoms with van der Waals surface area (Å²) in [6.07, 6.45) is -3.46. The van der Waals surface area contributed by atoms with Crippen molar-refractivity contribution in [1.82, 2.24) is 4.72 Å². The van der Waals surface area contributed by atoms with Crippen LogP contribution in [0.25, 0.3) is 0 Å². The minimum Gasteiger partial charge on any atom is -0.467 e. The molecule has 0 bridgehead atoms. The highest BCUT2D eigenvalue weighted by Gasteiger charge is 2.33. The normalized spacial score (nSPS) is 12.1. The molecule has 6 nitrogen and oxygen atoms in total. The monoisotopic (exact) mass is 441 g/mol. The number of ether oxygens (including phenoxy) is 2. The molecule has 0 aliphatic carbocycles. The third kappa shape index (κ3) is 6.34. The van der Waals surface area contributed by atoms with Crippen LogP contribution >= 0.6 is 0 Å². The number of halogens is 3. The van der Waals surface area contributed by atoms with Crippen LogP contribution in [0, 0.1) is 0 Å². The summed E-state index contributed by atoms with van der Waals surface area (Å²) in [7, 11) is -4.24. The minimum atomic E-state index is -5.00. The van der Waals surface area contributed by atoms with E-state index >= 15 is 0 Å². The van der Waals surface area contributed by atoms with Gasteiger partial charge in [-0.3, -0.25) is 0 Å². The summed E-state index contributed by atoms with van der Waals surface area (Å²) in [5.41, 5.74) is 1.42. The third-order valence-electron chi connectivity index (χ3n) is 3.92. The molecule has 0 saturated heterocycles. The summed E-state index contributed by atoms with van der Waals surface area (Å²) < 4.78 is 79.5. The molecule has 0 atom stereocenters. The van der Waals surface area contributed by atoms with E-state index in [2.05, 4.69) is 9.46 Å². The molecular weight excluding hydrogens is 423 g/mol. The predicted octanol–water partition coefficient (Wildman–Crippen LogP) is 4.37. The lowest BCUT2D eigenvalue weighted by Crippen LogP contribution is -2.25. The van der Waals surface area contributed by atoms with E-state index in [0.29, 0.717) is 17.9 Å². The maximum Gasteiger partial charge on any atom is 0.573 e. The summed E-state index contributed by atoms with van der Waals surface area (Å²) in [6.45, 7) is 0.456. The highest BCUT2D eigenvalue weighted by Crippen LogP contribution is 2.29. The Bertz CT molecular complexity index is 1070. The van der Waals surface area contributed by atoms with Crippen molar-refractivity contribution in [3.05, 3.63) is 83.8 Å². The van der Waals surface area contributed by atoms with E-state index in [9.17, 15) is 21.6 Å². The second-order valence-electron chi connectivity index (χ2n) is 6.21. The van der Waals surface area contributed by atoms with Crippen molar-refractivity contribution in [3.8, 4) is 5.75 Å². The van der Waals surface area contributed by atoms with Crippen LogP contribution in [0.5, 0.6) is 5.75 Å². The van der Waals surface area contributed by atoms with Crippen LogP contribution < -0.4 is 9.46 Å². The Morgan fingerprint density at radius 2 is 1.70 bits per heavy atom. The second-order valence-corrected chi connectivity index (χ2v) is 7.95. The van der Waals surface area contributed by atoms with Gasteiger partial charge in [0.1, 0.15) is 23.0 Å². The van der Waals surface area contributed by atoms with Crippen molar-refractivity contribution < 1.29 is 35.5 Å². The number of rotatable bonds is 9. The van der Waals surface area contributed by atoms with E-state index in [1.165, 1.54) is 12.1 Å². The Labute approximate surface area is 171 Å². The van der Waals surface area contributed by atoms with Gasteiger partial charge in [0.25, 0.3) is 0 Å². The Balaban J connectivity index is 1.63. The molecule has 0 radical (unpaired) electrons. The molecule has 0 aliphatic heterocycles.